The summed E-state index contributed by atoms with van der Waals surface area (Å²) >= 11 is 0. The van der Waals surface area contributed by atoms with Crippen LogP contribution < -0.4 is 15.4 Å². The van der Waals surface area contributed by atoms with Gasteiger partial charge in [-0.05, 0) is 23.8 Å². The first-order valence-electron chi connectivity index (χ1n) is 8.35. The van der Waals surface area contributed by atoms with Crippen LogP contribution in [0.25, 0.3) is 0 Å². The Morgan fingerprint density at radius 1 is 1.22 bits per heavy atom. The Morgan fingerprint density at radius 2 is 1.96 bits per heavy atom. The number of carbonyl (C=O) groups excluding carboxylic acids is 1. The molecule has 0 fully saturated rings. The van der Waals surface area contributed by atoms with Gasteiger partial charge in [-0.25, -0.2) is 4.79 Å². The highest BCUT2D eigenvalue weighted by atomic mass is 19.4. The predicted molar refractivity (Wildman–Crippen MR) is 93.6 cm³/mol. The zero-order valence-electron chi connectivity index (χ0n) is 14.5. The number of nitrogens with one attached hydrogen (secondary N) is 2. The average Bonchev–Trinajstić information content (AvgIpc) is 2.66. The van der Waals surface area contributed by atoms with E-state index in [9.17, 15) is 18.0 Å². The van der Waals surface area contributed by atoms with Crippen LogP contribution in [0.5, 0.6) is 5.75 Å². The van der Waals surface area contributed by atoms with Crippen LogP contribution in [0.1, 0.15) is 23.6 Å². The number of ether oxygens (including phenoxy) is 2. The minimum absolute atomic E-state index is 0.0330. The van der Waals surface area contributed by atoms with Gasteiger partial charge in [-0.1, -0.05) is 30.3 Å². The quantitative estimate of drug-likeness (QED) is 0.825. The number of amides is 1. The molecule has 2 N–H and O–H groups in total. The van der Waals surface area contributed by atoms with Crippen LogP contribution in [0, 0.1) is 0 Å². The van der Waals surface area contributed by atoms with Gasteiger partial charge < -0.3 is 20.1 Å². The molecule has 1 amide bonds. The number of fused-ring (bicyclic) bond motifs is 1. The number of benzene rings is 2. The molecule has 1 heterocycles. The van der Waals surface area contributed by atoms with E-state index in [1.54, 1.807) is 36.4 Å². The summed E-state index contributed by atoms with van der Waals surface area (Å²) < 4.78 is 50.0. The first-order valence-corrected chi connectivity index (χ1v) is 8.35. The number of carbonyl (C=O) groups is 1. The first-order chi connectivity index (χ1) is 12.9. The van der Waals surface area contributed by atoms with Crippen LogP contribution in [-0.4, -0.2) is 25.4 Å². The lowest BCUT2D eigenvalue weighted by Gasteiger charge is -2.34. The van der Waals surface area contributed by atoms with E-state index in [0.29, 0.717) is 17.0 Å². The maximum atomic E-state index is 13.2. The maximum absolute atomic E-state index is 13.2. The minimum Gasteiger partial charge on any atom is -0.497 e. The lowest BCUT2D eigenvalue weighted by atomic mass is 9.92. The fraction of sp³-hybridized carbons (Fsp3) is 0.316. The zero-order valence-corrected chi connectivity index (χ0v) is 14.5. The minimum atomic E-state index is -4.44. The molecular formula is C19H19F3N2O3. The molecule has 5 nitrogen and oxygen atoms in total. The highest BCUT2D eigenvalue weighted by Gasteiger charge is 2.44. The van der Waals surface area contributed by atoms with Gasteiger partial charge >= 0.3 is 12.3 Å². The molecule has 144 valence electrons. The predicted octanol–water partition coefficient (Wildman–Crippen LogP) is 4.41. The molecule has 3 rings (SSSR count). The Balaban J connectivity index is 1.75. The van der Waals surface area contributed by atoms with E-state index in [1.165, 1.54) is 13.2 Å². The Labute approximate surface area is 154 Å². The number of rotatable bonds is 4. The molecule has 1 aliphatic rings. The maximum Gasteiger partial charge on any atom is 0.408 e. The molecular weight excluding hydrogens is 361 g/mol. The van der Waals surface area contributed by atoms with Crippen molar-refractivity contribution in [3.8, 4) is 5.75 Å². The Bertz CT molecular complexity index is 797. The van der Waals surface area contributed by atoms with Crippen molar-refractivity contribution in [2.75, 3.05) is 12.4 Å². The number of hydrogen-bond acceptors (Lipinski definition) is 4. The third-order valence-electron chi connectivity index (χ3n) is 4.34. The Hall–Kier alpha value is -2.90. The molecule has 0 unspecified atom stereocenters. The van der Waals surface area contributed by atoms with Gasteiger partial charge in [-0.3, -0.25) is 0 Å². The summed E-state index contributed by atoms with van der Waals surface area (Å²) in [5.41, 5.74) is 1.61. The second kappa shape index (κ2) is 7.77. The molecule has 2 atom stereocenters. The number of methoxy groups -OCH3 is 1. The van der Waals surface area contributed by atoms with E-state index in [2.05, 4.69) is 10.6 Å². The fourth-order valence-electron chi connectivity index (χ4n) is 2.96. The molecule has 0 radical (unpaired) electrons. The molecule has 0 saturated heterocycles. The van der Waals surface area contributed by atoms with Crippen molar-refractivity contribution < 1.29 is 27.4 Å². The lowest BCUT2D eigenvalue weighted by Crippen LogP contribution is -2.44. The molecule has 0 saturated carbocycles. The summed E-state index contributed by atoms with van der Waals surface area (Å²) in [6.07, 6.45) is -5.56. The third-order valence-corrected chi connectivity index (χ3v) is 4.34. The standard InChI is InChI=1S/C19H19F3N2O3/c1-26-13-7-8-15-14(9-13)16(10-17(23-15)19(20,21)22)24-18(25)27-11-12-5-3-2-4-6-12/h2-9,16-17,23H,10-11H2,1H3,(H,24,25)/t16-,17-/m0/s1. The van der Waals surface area contributed by atoms with Crippen molar-refractivity contribution >= 4 is 11.8 Å². The third kappa shape index (κ3) is 4.64. The van der Waals surface area contributed by atoms with E-state index < -0.39 is 24.4 Å². The van der Waals surface area contributed by atoms with Crippen LogP contribution >= 0.6 is 0 Å². The monoisotopic (exact) mass is 380 g/mol. The number of halogens is 3. The summed E-state index contributed by atoms with van der Waals surface area (Å²) in [6, 6.07) is 11.1. The van der Waals surface area contributed by atoms with Crippen molar-refractivity contribution in [2.45, 2.75) is 31.3 Å². The number of alkyl carbamates (subject to hydrolysis) is 1. The fourth-order valence-corrected chi connectivity index (χ4v) is 2.96. The van der Waals surface area contributed by atoms with Crippen LogP contribution in [0.4, 0.5) is 23.7 Å². The molecule has 0 aromatic heterocycles. The van der Waals surface area contributed by atoms with Gasteiger partial charge in [0.05, 0.1) is 13.2 Å². The molecule has 2 aromatic rings. The van der Waals surface area contributed by atoms with Crippen molar-refractivity contribution in [3.63, 3.8) is 0 Å². The summed E-state index contributed by atoms with van der Waals surface area (Å²) in [7, 11) is 1.47. The molecule has 0 spiro atoms. The molecule has 2 aromatic carbocycles. The lowest BCUT2D eigenvalue weighted by molar-refractivity contribution is -0.145. The van der Waals surface area contributed by atoms with E-state index in [4.69, 9.17) is 9.47 Å². The highest BCUT2D eigenvalue weighted by molar-refractivity contribution is 5.69. The first kappa shape index (κ1) is 18.9. The second-order valence-corrected chi connectivity index (χ2v) is 6.19. The van der Waals surface area contributed by atoms with Crippen molar-refractivity contribution in [1.29, 1.82) is 0 Å². The summed E-state index contributed by atoms with van der Waals surface area (Å²) in [4.78, 5) is 12.1. The van der Waals surface area contributed by atoms with E-state index in [0.717, 1.165) is 5.56 Å². The normalized spacial score (nSPS) is 18.8. The van der Waals surface area contributed by atoms with Gasteiger partial charge in [0.1, 0.15) is 18.4 Å². The van der Waals surface area contributed by atoms with Gasteiger partial charge in [-0.2, -0.15) is 13.2 Å². The summed E-state index contributed by atoms with van der Waals surface area (Å²) in [5.74, 6) is 0.491. The Morgan fingerprint density at radius 3 is 2.63 bits per heavy atom. The highest BCUT2D eigenvalue weighted by Crippen LogP contribution is 2.40. The van der Waals surface area contributed by atoms with Crippen molar-refractivity contribution in [1.82, 2.24) is 5.32 Å². The summed E-state index contributed by atoms with van der Waals surface area (Å²) in [6.45, 7) is 0.0330. The molecule has 0 aliphatic carbocycles. The van der Waals surface area contributed by atoms with Crippen molar-refractivity contribution in [2.24, 2.45) is 0 Å². The van der Waals surface area contributed by atoms with Gasteiger partial charge in [-0.15, -0.1) is 0 Å². The zero-order chi connectivity index (χ0) is 19.4. The molecule has 27 heavy (non-hydrogen) atoms. The van der Waals surface area contributed by atoms with Crippen LogP contribution in [0.15, 0.2) is 48.5 Å². The van der Waals surface area contributed by atoms with Crippen LogP contribution in [0.2, 0.25) is 0 Å². The number of alkyl halides is 3. The topological polar surface area (TPSA) is 59.6 Å². The van der Waals surface area contributed by atoms with Gasteiger partial charge in [0.25, 0.3) is 0 Å². The molecule has 0 bridgehead atoms. The smallest absolute Gasteiger partial charge is 0.408 e. The second-order valence-electron chi connectivity index (χ2n) is 6.19. The molecule has 1 aliphatic heterocycles. The van der Waals surface area contributed by atoms with Crippen LogP contribution in [-0.2, 0) is 11.3 Å². The number of anilines is 1. The van der Waals surface area contributed by atoms with E-state index >= 15 is 0 Å². The number of hydrogen-bond donors (Lipinski definition) is 2. The van der Waals surface area contributed by atoms with E-state index in [-0.39, 0.29) is 13.0 Å². The summed E-state index contributed by atoms with van der Waals surface area (Å²) in [5, 5.41) is 5.02. The van der Waals surface area contributed by atoms with Crippen molar-refractivity contribution in [3.05, 3.63) is 59.7 Å². The van der Waals surface area contributed by atoms with E-state index in [1.807, 2.05) is 6.07 Å². The Kier molecular flexibility index (Phi) is 5.43. The van der Waals surface area contributed by atoms with Gasteiger partial charge in [0, 0.05) is 17.7 Å². The average molecular weight is 380 g/mol. The van der Waals surface area contributed by atoms with Crippen LogP contribution in [0.3, 0.4) is 0 Å². The molecule has 8 heteroatoms. The van der Waals surface area contributed by atoms with Gasteiger partial charge in [0.2, 0.25) is 0 Å². The largest absolute Gasteiger partial charge is 0.497 e. The van der Waals surface area contributed by atoms with Gasteiger partial charge in [0.15, 0.2) is 0 Å². The SMILES string of the molecule is COc1ccc2c(c1)[C@@H](NC(=O)OCc1ccccc1)C[C@@H](C(F)(F)F)N2.